The number of rotatable bonds is 4. The lowest BCUT2D eigenvalue weighted by Gasteiger charge is -2.28. The summed E-state index contributed by atoms with van der Waals surface area (Å²) in [4.78, 5) is 2.13. The molecule has 5 nitrogen and oxygen atoms in total. The predicted molar refractivity (Wildman–Crippen MR) is 136 cm³/mol. The molecule has 0 aliphatic carbocycles. The minimum absolute atomic E-state index is 0.106. The van der Waals surface area contributed by atoms with Crippen LogP contribution in [0.25, 0.3) is 21.5 Å². The molecule has 1 atom stereocenters. The van der Waals surface area contributed by atoms with E-state index in [9.17, 15) is 18.1 Å². The van der Waals surface area contributed by atoms with Crippen molar-refractivity contribution >= 4 is 37.4 Å². The van der Waals surface area contributed by atoms with Crippen LogP contribution in [0.4, 0.5) is 5.69 Å². The zero-order valence-corrected chi connectivity index (χ0v) is 20.1. The summed E-state index contributed by atoms with van der Waals surface area (Å²) in [7, 11) is -4.46. The maximum Gasteiger partial charge on any atom is 0.275 e. The molecule has 1 heterocycles. The first-order chi connectivity index (χ1) is 16.1. The molecule has 0 spiro atoms. The van der Waals surface area contributed by atoms with Crippen LogP contribution in [0, 0.1) is 0 Å². The summed E-state index contributed by atoms with van der Waals surface area (Å²) in [5.41, 5.74) is 3.00. The second kappa shape index (κ2) is 7.86. The Morgan fingerprint density at radius 3 is 2.38 bits per heavy atom. The third-order valence-electron chi connectivity index (χ3n) is 6.86. The largest absolute Gasteiger partial charge is 0.872 e. The van der Waals surface area contributed by atoms with Gasteiger partial charge in [0.05, 0.1) is 0 Å². The molecular weight excluding hydrogens is 446 g/mol. The van der Waals surface area contributed by atoms with Gasteiger partial charge in [-0.15, -0.1) is 5.75 Å². The molecule has 4 aromatic carbocycles. The Balaban J connectivity index is 1.71. The number of likely N-dealkylation sites (N-methyl/N-ethyl adjacent to an activating group) is 1. The molecule has 0 bridgehead atoms. The highest BCUT2D eigenvalue weighted by atomic mass is 32.2. The molecule has 0 radical (unpaired) electrons. The first-order valence-corrected chi connectivity index (χ1v) is 12.8. The Hall–Kier alpha value is -3.35. The molecule has 1 aliphatic rings. The van der Waals surface area contributed by atoms with Gasteiger partial charge in [-0.3, -0.25) is 4.55 Å². The molecule has 34 heavy (non-hydrogen) atoms. The van der Waals surface area contributed by atoms with E-state index < -0.39 is 20.8 Å². The van der Waals surface area contributed by atoms with Crippen LogP contribution in [0.5, 0.6) is 5.75 Å². The van der Waals surface area contributed by atoms with Gasteiger partial charge in [0.1, 0.15) is 5.25 Å². The summed E-state index contributed by atoms with van der Waals surface area (Å²) in [5.74, 6) is -0.106. The van der Waals surface area contributed by atoms with Crippen molar-refractivity contribution in [3.63, 3.8) is 0 Å². The molecule has 1 unspecified atom stereocenters. The second-order valence-corrected chi connectivity index (χ2v) is 10.8. The zero-order valence-electron chi connectivity index (χ0n) is 19.3. The molecular formula is C28H26NO4S-. The van der Waals surface area contributed by atoms with Crippen molar-refractivity contribution in [2.24, 2.45) is 0 Å². The molecule has 0 amide bonds. The van der Waals surface area contributed by atoms with Crippen molar-refractivity contribution in [1.29, 1.82) is 0 Å². The standard InChI is InChI=1S/C28H27NO4S/c1-4-29-24-14-12-18-7-5-6-8-23(18)27(24)28(2,3)26(29)17-25(34(31,32)33)21-10-9-20-16-22(30)13-11-19(20)15-21/h5-17,25,30H,4H2,1-3H3,(H,31,32,33)/p-1/b26-17-. The van der Waals surface area contributed by atoms with E-state index in [2.05, 4.69) is 43.0 Å². The van der Waals surface area contributed by atoms with Gasteiger partial charge in [0.25, 0.3) is 10.1 Å². The Morgan fingerprint density at radius 2 is 1.65 bits per heavy atom. The van der Waals surface area contributed by atoms with E-state index in [1.807, 2.05) is 19.1 Å². The highest BCUT2D eigenvalue weighted by Crippen LogP contribution is 2.51. The van der Waals surface area contributed by atoms with Gasteiger partial charge in [-0.1, -0.05) is 74.5 Å². The molecule has 0 aromatic heterocycles. The summed E-state index contributed by atoms with van der Waals surface area (Å²) in [6, 6.07) is 22.1. The number of nitrogens with zero attached hydrogens (tertiary/aromatic N) is 1. The van der Waals surface area contributed by atoms with Crippen LogP contribution in [0.3, 0.4) is 0 Å². The second-order valence-electron chi connectivity index (χ2n) is 9.31. The SMILES string of the molecule is CCN1/C(=C\C(c2ccc3cc([O-])ccc3c2)S(=O)(=O)O)C(C)(C)c2c1ccc1ccccc21. The minimum Gasteiger partial charge on any atom is -0.872 e. The number of hydrogen-bond acceptors (Lipinski definition) is 4. The van der Waals surface area contributed by atoms with Gasteiger partial charge in [-0.2, -0.15) is 8.42 Å². The van der Waals surface area contributed by atoms with E-state index in [-0.39, 0.29) is 5.75 Å². The molecule has 1 N–H and O–H groups in total. The number of benzene rings is 4. The number of anilines is 1. The van der Waals surface area contributed by atoms with Crippen LogP contribution in [0.1, 0.15) is 37.1 Å². The van der Waals surface area contributed by atoms with E-state index in [0.717, 1.165) is 38.5 Å². The van der Waals surface area contributed by atoms with Gasteiger partial charge in [0.15, 0.2) is 0 Å². The molecule has 0 saturated heterocycles. The molecule has 0 fully saturated rings. The van der Waals surface area contributed by atoms with Gasteiger partial charge >= 0.3 is 0 Å². The molecule has 174 valence electrons. The summed E-state index contributed by atoms with van der Waals surface area (Å²) in [5, 5.41) is 14.2. The number of allylic oxidation sites excluding steroid dienone is 1. The lowest BCUT2D eigenvalue weighted by atomic mass is 9.80. The van der Waals surface area contributed by atoms with Gasteiger partial charge in [0.2, 0.25) is 0 Å². The number of fused-ring (bicyclic) bond motifs is 4. The van der Waals surface area contributed by atoms with E-state index >= 15 is 0 Å². The van der Waals surface area contributed by atoms with Crippen molar-refractivity contribution in [2.75, 3.05) is 11.4 Å². The first-order valence-electron chi connectivity index (χ1n) is 11.3. The van der Waals surface area contributed by atoms with Crippen LogP contribution < -0.4 is 10.0 Å². The minimum atomic E-state index is -4.46. The average molecular weight is 473 g/mol. The fraction of sp³-hybridized carbons (Fsp3) is 0.214. The Bertz CT molecular complexity index is 1570. The smallest absolute Gasteiger partial charge is 0.275 e. The number of hydrogen-bond donors (Lipinski definition) is 1. The fourth-order valence-electron chi connectivity index (χ4n) is 5.29. The summed E-state index contributed by atoms with van der Waals surface area (Å²) < 4.78 is 35.6. The average Bonchev–Trinajstić information content (AvgIpc) is 3.02. The van der Waals surface area contributed by atoms with Gasteiger partial charge in [-0.25, -0.2) is 0 Å². The van der Waals surface area contributed by atoms with Crippen molar-refractivity contribution in [2.45, 2.75) is 31.4 Å². The Labute approximate surface area is 199 Å². The summed E-state index contributed by atoms with van der Waals surface area (Å²) in [6.07, 6.45) is 1.68. The van der Waals surface area contributed by atoms with Crippen molar-refractivity contribution < 1.29 is 18.1 Å². The van der Waals surface area contributed by atoms with Crippen molar-refractivity contribution in [1.82, 2.24) is 0 Å². The van der Waals surface area contributed by atoms with Gasteiger partial charge in [0, 0.05) is 23.3 Å². The molecule has 4 aromatic rings. The third kappa shape index (κ3) is 3.54. The highest BCUT2D eigenvalue weighted by molar-refractivity contribution is 7.86. The highest BCUT2D eigenvalue weighted by Gasteiger charge is 2.42. The molecule has 0 saturated carbocycles. The Kier molecular flexibility index (Phi) is 5.19. The summed E-state index contributed by atoms with van der Waals surface area (Å²) in [6.45, 7) is 6.88. The molecule has 1 aliphatic heterocycles. The maximum atomic E-state index is 12.6. The van der Waals surface area contributed by atoms with Crippen molar-refractivity contribution in [3.05, 3.63) is 95.7 Å². The Morgan fingerprint density at radius 1 is 0.971 bits per heavy atom. The normalized spacial score (nSPS) is 17.4. The van der Waals surface area contributed by atoms with Gasteiger partial charge in [-0.05, 0) is 57.8 Å². The topological polar surface area (TPSA) is 80.7 Å². The van der Waals surface area contributed by atoms with Crippen LogP contribution in [0.15, 0.2) is 84.6 Å². The summed E-state index contributed by atoms with van der Waals surface area (Å²) >= 11 is 0. The van der Waals surface area contributed by atoms with E-state index in [1.54, 1.807) is 30.3 Å². The van der Waals surface area contributed by atoms with Crippen LogP contribution in [-0.2, 0) is 15.5 Å². The van der Waals surface area contributed by atoms with E-state index in [0.29, 0.717) is 12.1 Å². The molecule has 6 heteroatoms. The van der Waals surface area contributed by atoms with Gasteiger partial charge < -0.3 is 10.0 Å². The molecule has 5 rings (SSSR count). The monoisotopic (exact) mass is 472 g/mol. The van der Waals surface area contributed by atoms with E-state index in [4.69, 9.17) is 0 Å². The van der Waals surface area contributed by atoms with E-state index in [1.165, 1.54) is 12.1 Å². The lowest BCUT2D eigenvalue weighted by Crippen LogP contribution is -2.27. The van der Waals surface area contributed by atoms with Crippen LogP contribution in [0.2, 0.25) is 0 Å². The lowest BCUT2D eigenvalue weighted by molar-refractivity contribution is -0.268. The zero-order chi connectivity index (χ0) is 24.3. The quantitative estimate of drug-likeness (QED) is 0.386. The van der Waals surface area contributed by atoms with Crippen LogP contribution >= 0.6 is 0 Å². The van der Waals surface area contributed by atoms with Crippen LogP contribution in [-0.4, -0.2) is 19.5 Å². The first kappa shape index (κ1) is 22.4. The third-order valence-corrected chi connectivity index (χ3v) is 7.91. The predicted octanol–water partition coefficient (Wildman–Crippen LogP) is 5.70. The fourth-order valence-corrected chi connectivity index (χ4v) is 6.08. The maximum absolute atomic E-state index is 12.6. The van der Waals surface area contributed by atoms with Crippen molar-refractivity contribution in [3.8, 4) is 5.75 Å².